The molecule has 0 radical (unpaired) electrons. The van der Waals surface area contributed by atoms with E-state index in [2.05, 4.69) is 39.2 Å². The van der Waals surface area contributed by atoms with Gasteiger partial charge in [0, 0.05) is 36.9 Å². The van der Waals surface area contributed by atoms with E-state index in [1.54, 1.807) is 0 Å². The molecule has 1 saturated heterocycles. The van der Waals surface area contributed by atoms with Crippen LogP contribution in [0, 0.1) is 0 Å². The third-order valence-corrected chi connectivity index (χ3v) is 6.32. The highest BCUT2D eigenvalue weighted by molar-refractivity contribution is 5.79. The van der Waals surface area contributed by atoms with Crippen LogP contribution in [0.1, 0.15) is 38.5 Å². The van der Waals surface area contributed by atoms with Crippen LogP contribution in [0.15, 0.2) is 36.5 Å². The lowest BCUT2D eigenvalue weighted by Gasteiger charge is -2.37. The average molecular weight is 372 g/mol. The zero-order chi connectivity index (χ0) is 18.6. The summed E-state index contributed by atoms with van der Waals surface area (Å²) in [4.78, 5) is 2.38. The third kappa shape index (κ3) is 4.72. The van der Waals surface area contributed by atoms with Crippen molar-refractivity contribution in [3.05, 3.63) is 36.5 Å². The van der Waals surface area contributed by atoms with Gasteiger partial charge in [0.05, 0.1) is 12.2 Å². The molecule has 2 fully saturated rings. The maximum absolute atomic E-state index is 10.6. The molecule has 1 aromatic heterocycles. The zero-order valence-corrected chi connectivity index (χ0v) is 16.1. The predicted octanol–water partition coefficient (Wildman–Crippen LogP) is 2.36. The fourth-order valence-corrected chi connectivity index (χ4v) is 4.77. The molecular weight excluding hydrogens is 338 g/mol. The molecule has 1 aliphatic heterocycles. The van der Waals surface area contributed by atoms with Crippen molar-refractivity contribution in [2.45, 2.75) is 69.4 Å². The Labute approximate surface area is 162 Å². The number of hydrogen-bond donors (Lipinski definition) is 3. The number of aromatic nitrogens is 1. The van der Waals surface area contributed by atoms with Gasteiger partial charge in [-0.05, 0) is 56.3 Å². The lowest BCUT2D eigenvalue weighted by Crippen LogP contribution is -2.51. The van der Waals surface area contributed by atoms with Gasteiger partial charge in [-0.1, -0.05) is 31.0 Å². The monoisotopic (exact) mass is 371 g/mol. The van der Waals surface area contributed by atoms with Crippen LogP contribution in [-0.2, 0) is 6.54 Å². The third-order valence-electron chi connectivity index (χ3n) is 6.32. The van der Waals surface area contributed by atoms with Crippen molar-refractivity contribution >= 4 is 10.9 Å². The van der Waals surface area contributed by atoms with Gasteiger partial charge in [0.15, 0.2) is 0 Å². The second-order valence-electron chi connectivity index (χ2n) is 8.38. The molecule has 2 aromatic rings. The minimum absolute atomic E-state index is 0.171. The van der Waals surface area contributed by atoms with Crippen molar-refractivity contribution in [2.75, 3.05) is 19.6 Å². The van der Waals surface area contributed by atoms with Gasteiger partial charge in [0.2, 0.25) is 0 Å². The van der Waals surface area contributed by atoms with Gasteiger partial charge >= 0.3 is 0 Å². The fourth-order valence-electron chi connectivity index (χ4n) is 4.77. The Balaban J connectivity index is 1.23. The van der Waals surface area contributed by atoms with E-state index in [1.807, 2.05) is 12.1 Å². The first-order valence-electron chi connectivity index (χ1n) is 10.6. The van der Waals surface area contributed by atoms with E-state index in [9.17, 15) is 10.2 Å². The Bertz CT molecular complexity index is 723. The summed E-state index contributed by atoms with van der Waals surface area (Å²) in [5.74, 6) is 0. The van der Waals surface area contributed by atoms with Crippen LogP contribution in [0.25, 0.3) is 10.9 Å². The molecule has 1 aromatic carbocycles. The minimum Gasteiger partial charge on any atom is -0.392 e. The van der Waals surface area contributed by atoms with Crippen molar-refractivity contribution in [1.29, 1.82) is 0 Å². The number of nitrogens with zero attached hydrogens (tertiary/aromatic N) is 2. The second-order valence-corrected chi connectivity index (χ2v) is 8.38. The van der Waals surface area contributed by atoms with Gasteiger partial charge in [-0.25, -0.2) is 0 Å². The summed E-state index contributed by atoms with van der Waals surface area (Å²) in [6.45, 7) is 3.40. The lowest BCUT2D eigenvalue weighted by atomic mass is 9.91. The summed E-state index contributed by atoms with van der Waals surface area (Å²) in [6, 6.07) is 11.2. The number of rotatable bonds is 6. The molecule has 2 heterocycles. The quantitative estimate of drug-likeness (QED) is 0.730. The van der Waals surface area contributed by atoms with Gasteiger partial charge in [0.25, 0.3) is 0 Å². The molecule has 4 rings (SSSR count). The number of benzene rings is 1. The van der Waals surface area contributed by atoms with Crippen LogP contribution < -0.4 is 5.32 Å². The molecule has 0 amide bonds. The molecule has 148 valence electrons. The number of hydrogen-bond acceptors (Lipinski definition) is 4. The van der Waals surface area contributed by atoms with Gasteiger partial charge < -0.3 is 25.0 Å². The van der Waals surface area contributed by atoms with Crippen LogP contribution in [0.3, 0.4) is 0 Å². The molecule has 0 bridgehead atoms. The van der Waals surface area contributed by atoms with Gasteiger partial charge in [0.1, 0.15) is 0 Å². The van der Waals surface area contributed by atoms with E-state index in [-0.39, 0.29) is 18.2 Å². The Morgan fingerprint density at radius 3 is 2.59 bits per heavy atom. The van der Waals surface area contributed by atoms with Crippen LogP contribution in [0.5, 0.6) is 0 Å². The molecule has 0 spiro atoms. The smallest absolute Gasteiger partial charge is 0.0845 e. The van der Waals surface area contributed by atoms with Crippen molar-refractivity contribution in [3.8, 4) is 0 Å². The van der Waals surface area contributed by atoms with E-state index in [0.717, 1.165) is 51.7 Å². The van der Waals surface area contributed by atoms with E-state index in [0.29, 0.717) is 12.6 Å². The molecule has 27 heavy (non-hydrogen) atoms. The SMILES string of the molecule is O[C@H](CN1CCC(N[C@@H]2CCCC[C@@H]2O)CC1)Cn1ccc2ccccc21. The van der Waals surface area contributed by atoms with E-state index < -0.39 is 0 Å². The maximum Gasteiger partial charge on any atom is 0.0845 e. The second kappa shape index (κ2) is 8.74. The van der Waals surface area contributed by atoms with Crippen molar-refractivity contribution in [1.82, 2.24) is 14.8 Å². The van der Waals surface area contributed by atoms with Gasteiger partial charge in [-0.15, -0.1) is 0 Å². The van der Waals surface area contributed by atoms with Gasteiger partial charge in [-0.2, -0.15) is 0 Å². The summed E-state index contributed by atoms with van der Waals surface area (Å²) >= 11 is 0. The molecule has 5 heteroatoms. The molecule has 3 atom stereocenters. The fraction of sp³-hybridized carbons (Fsp3) is 0.636. The Morgan fingerprint density at radius 1 is 1.00 bits per heavy atom. The standard InChI is InChI=1S/C22H33N3O2/c26-19(16-25-14-9-17-5-1-3-7-21(17)25)15-24-12-10-18(11-13-24)23-20-6-2-4-8-22(20)27/h1,3,5,7,9,14,18-20,22-23,26-27H,2,4,6,8,10-13,15-16H2/t19-,20-,22+/m1/s1. The molecular formula is C22H33N3O2. The number of piperidine rings is 1. The molecule has 0 unspecified atom stereocenters. The number of para-hydroxylation sites is 1. The van der Waals surface area contributed by atoms with Crippen molar-refractivity contribution in [3.63, 3.8) is 0 Å². The summed E-state index contributed by atoms with van der Waals surface area (Å²) < 4.78 is 2.15. The summed E-state index contributed by atoms with van der Waals surface area (Å²) in [5, 5.41) is 25.7. The topological polar surface area (TPSA) is 60.7 Å². The van der Waals surface area contributed by atoms with Crippen LogP contribution in [0.4, 0.5) is 0 Å². The number of nitrogens with one attached hydrogen (secondary N) is 1. The first-order valence-corrected chi connectivity index (χ1v) is 10.6. The summed E-state index contributed by atoms with van der Waals surface area (Å²) in [7, 11) is 0. The first kappa shape index (κ1) is 18.9. The Kier molecular flexibility index (Phi) is 6.13. The number of β-amino-alcohol motifs (C(OH)–C–C–N with tert-alkyl or cyclic N) is 1. The van der Waals surface area contributed by atoms with Gasteiger partial charge in [-0.3, -0.25) is 0 Å². The van der Waals surface area contributed by atoms with Crippen LogP contribution >= 0.6 is 0 Å². The molecule has 1 aliphatic carbocycles. The van der Waals surface area contributed by atoms with E-state index in [4.69, 9.17) is 0 Å². The molecule has 3 N–H and O–H groups in total. The number of fused-ring (bicyclic) bond motifs is 1. The molecule has 2 aliphatic rings. The predicted molar refractivity (Wildman–Crippen MR) is 109 cm³/mol. The lowest BCUT2D eigenvalue weighted by molar-refractivity contribution is 0.0632. The highest BCUT2D eigenvalue weighted by Gasteiger charge is 2.27. The van der Waals surface area contributed by atoms with Crippen LogP contribution in [-0.4, -0.2) is 63.6 Å². The number of aliphatic hydroxyl groups is 2. The summed E-state index contributed by atoms with van der Waals surface area (Å²) in [5.41, 5.74) is 1.19. The Morgan fingerprint density at radius 2 is 1.78 bits per heavy atom. The highest BCUT2D eigenvalue weighted by atomic mass is 16.3. The molecule has 5 nitrogen and oxygen atoms in total. The average Bonchev–Trinajstić information content (AvgIpc) is 3.08. The minimum atomic E-state index is -0.356. The zero-order valence-electron chi connectivity index (χ0n) is 16.1. The molecule has 1 saturated carbocycles. The summed E-state index contributed by atoms with van der Waals surface area (Å²) in [6.07, 6.45) is 8.17. The first-order chi connectivity index (χ1) is 13.2. The highest BCUT2D eigenvalue weighted by Crippen LogP contribution is 2.21. The van der Waals surface area contributed by atoms with E-state index >= 15 is 0 Å². The normalized spacial score (nSPS) is 26.4. The van der Waals surface area contributed by atoms with Crippen molar-refractivity contribution in [2.24, 2.45) is 0 Å². The van der Waals surface area contributed by atoms with E-state index in [1.165, 1.54) is 17.3 Å². The maximum atomic E-state index is 10.6. The largest absolute Gasteiger partial charge is 0.392 e. The number of likely N-dealkylation sites (tertiary alicyclic amines) is 1. The van der Waals surface area contributed by atoms with Crippen molar-refractivity contribution < 1.29 is 10.2 Å². The van der Waals surface area contributed by atoms with Crippen LogP contribution in [0.2, 0.25) is 0 Å². The Hall–Kier alpha value is -1.40. The number of aliphatic hydroxyl groups excluding tert-OH is 2.